The van der Waals surface area contributed by atoms with Crippen molar-refractivity contribution in [1.29, 1.82) is 0 Å². The Bertz CT molecular complexity index is 1120. The zero-order valence-electron chi connectivity index (χ0n) is 15.7. The van der Waals surface area contributed by atoms with Gasteiger partial charge in [0.05, 0.1) is 30.3 Å². The van der Waals surface area contributed by atoms with Crippen LogP contribution in [0.2, 0.25) is 0 Å². The summed E-state index contributed by atoms with van der Waals surface area (Å²) in [7, 11) is -3.90. The molecule has 0 bridgehead atoms. The Morgan fingerprint density at radius 3 is 2.50 bits per heavy atom. The van der Waals surface area contributed by atoms with E-state index in [1.165, 1.54) is 43.6 Å². The maximum absolute atomic E-state index is 13.1. The quantitative estimate of drug-likeness (QED) is 0.265. The minimum Gasteiger partial charge on any atom is -0.459 e. The van der Waals surface area contributed by atoms with Gasteiger partial charge in [-0.05, 0) is 24.6 Å². The highest BCUT2D eigenvalue weighted by atomic mass is 32.2. The standard InChI is InChI=1S/C17H17N5O7S/c1-17(10-20-18-6-7-19-20)15(21-13(23)8-14(21)30(17,27)28)16(24)29-9-11-2-4-12(5-3-11)22(25)26/h2-7,14-15H,8-10H2,1H3/t14-,15+,17+/m1/s1. The topological polar surface area (TPSA) is 155 Å². The van der Waals surface area contributed by atoms with Gasteiger partial charge in [0.1, 0.15) is 16.7 Å². The third kappa shape index (κ3) is 2.93. The van der Waals surface area contributed by atoms with Crippen LogP contribution in [0.15, 0.2) is 36.7 Å². The van der Waals surface area contributed by atoms with Gasteiger partial charge in [0.25, 0.3) is 5.69 Å². The van der Waals surface area contributed by atoms with Crippen molar-refractivity contribution in [2.24, 2.45) is 0 Å². The number of benzene rings is 1. The summed E-state index contributed by atoms with van der Waals surface area (Å²) >= 11 is 0. The summed E-state index contributed by atoms with van der Waals surface area (Å²) in [6.07, 6.45) is 2.58. The van der Waals surface area contributed by atoms with E-state index in [0.717, 1.165) is 9.70 Å². The lowest BCUT2D eigenvalue weighted by Gasteiger charge is -2.36. The molecule has 1 aromatic heterocycles. The van der Waals surface area contributed by atoms with Crippen molar-refractivity contribution in [1.82, 2.24) is 19.9 Å². The Hall–Kier alpha value is -3.35. The largest absolute Gasteiger partial charge is 0.459 e. The lowest BCUT2D eigenvalue weighted by molar-refractivity contribution is -0.384. The normalized spacial score (nSPS) is 26.7. The molecule has 3 atom stereocenters. The number of carbonyl (C=O) groups is 2. The van der Waals surface area contributed by atoms with Gasteiger partial charge >= 0.3 is 5.97 Å². The van der Waals surface area contributed by atoms with Gasteiger partial charge in [-0.25, -0.2) is 13.2 Å². The maximum atomic E-state index is 13.1. The molecule has 4 rings (SSSR count). The average Bonchev–Trinajstić information content (AvgIpc) is 3.24. The minimum atomic E-state index is -3.90. The van der Waals surface area contributed by atoms with E-state index in [-0.39, 0.29) is 25.3 Å². The number of sulfone groups is 1. The minimum absolute atomic E-state index is 0.111. The third-order valence-corrected chi connectivity index (χ3v) is 8.25. The molecule has 0 radical (unpaired) electrons. The predicted molar refractivity (Wildman–Crippen MR) is 99.3 cm³/mol. The first-order valence-corrected chi connectivity index (χ1v) is 10.5. The van der Waals surface area contributed by atoms with Crippen LogP contribution in [0, 0.1) is 10.1 Å². The van der Waals surface area contributed by atoms with E-state index in [0.29, 0.717) is 5.56 Å². The predicted octanol–water partition coefficient (Wildman–Crippen LogP) is 0.0438. The van der Waals surface area contributed by atoms with Crippen LogP contribution >= 0.6 is 0 Å². The van der Waals surface area contributed by atoms with E-state index in [2.05, 4.69) is 10.2 Å². The van der Waals surface area contributed by atoms with Crippen LogP contribution in [0.4, 0.5) is 5.69 Å². The molecular weight excluding hydrogens is 418 g/mol. The van der Waals surface area contributed by atoms with Crippen LogP contribution in [0.3, 0.4) is 0 Å². The molecule has 0 saturated carbocycles. The number of amides is 1. The monoisotopic (exact) mass is 435 g/mol. The molecule has 13 heteroatoms. The van der Waals surface area contributed by atoms with Gasteiger partial charge in [-0.3, -0.25) is 14.9 Å². The highest BCUT2D eigenvalue weighted by Gasteiger charge is 2.70. The van der Waals surface area contributed by atoms with Crippen LogP contribution in [-0.2, 0) is 37.3 Å². The number of esters is 1. The second-order valence-electron chi connectivity index (χ2n) is 7.31. The molecule has 2 fully saturated rings. The fourth-order valence-corrected chi connectivity index (χ4v) is 6.16. The molecule has 1 aromatic carbocycles. The first kappa shape index (κ1) is 19.9. The van der Waals surface area contributed by atoms with Crippen LogP contribution in [0.1, 0.15) is 18.9 Å². The van der Waals surface area contributed by atoms with E-state index < -0.39 is 42.8 Å². The van der Waals surface area contributed by atoms with Crippen LogP contribution in [0.5, 0.6) is 0 Å². The second-order valence-corrected chi connectivity index (χ2v) is 9.88. The van der Waals surface area contributed by atoms with E-state index in [1.54, 1.807) is 0 Å². The number of nitrogens with zero attached hydrogens (tertiary/aromatic N) is 5. The highest BCUT2D eigenvalue weighted by Crippen LogP contribution is 2.47. The molecule has 158 valence electrons. The van der Waals surface area contributed by atoms with E-state index in [4.69, 9.17) is 4.74 Å². The number of aromatic nitrogens is 3. The van der Waals surface area contributed by atoms with Crippen LogP contribution in [-0.4, -0.2) is 61.3 Å². The first-order chi connectivity index (χ1) is 14.1. The van der Waals surface area contributed by atoms with Gasteiger partial charge in [-0.2, -0.15) is 15.0 Å². The number of hydrogen-bond acceptors (Lipinski definition) is 9. The summed E-state index contributed by atoms with van der Waals surface area (Å²) in [5.74, 6) is -1.32. The van der Waals surface area contributed by atoms with E-state index in [9.17, 15) is 28.1 Å². The van der Waals surface area contributed by atoms with Crippen molar-refractivity contribution in [3.05, 3.63) is 52.3 Å². The van der Waals surface area contributed by atoms with Crippen molar-refractivity contribution in [3.63, 3.8) is 0 Å². The third-order valence-electron chi connectivity index (χ3n) is 5.49. The number of rotatable bonds is 6. The molecule has 30 heavy (non-hydrogen) atoms. The summed E-state index contributed by atoms with van der Waals surface area (Å²) in [5.41, 5.74) is 0.372. The number of nitro benzene ring substituents is 1. The molecule has 2 aromatic rings. The number of ether oxygens (including phenoxy) is 1. The van der Waals surface area contributed by atoms with E-state index in [1.807, 2.05) is 0 Å². The Morgan fingerprint density at radius 1 is 1.30 bits per heavy atom. The number of carbonyl (C=O) groups excluding carboxylic acids is 2. The Morgan fingerprint density at radius 2 is 1.93 bits per heavy atom. The van der Waals surface area contributed by atoms with Gasteiger partial charge < -0.3 is 9.64 Å². The first-order valence-electron chi connectivity index (χ1n) is 8.94. The zero-order valence-corrected chi connectivity index (χ0v) is 16.6. The molecule has 0 aliphatic carbocycles. The average molecular weight is 435 g/mol. The van der Waals surface area contributed by atoms with Gasteiger partial charge in [0.2, 0.25) is 5.91 Å². The number of hydrogen-bond donors (Lipinski definition) is 0. The van der Waals surface area contributed by atoms with Gasteiger partial charge in [-0.1, -0.05) is 0 Å². The number of β-lactam (4-membered cyclic amide) rings is 1. The fourth-order valence-electron chi connectivity index (χ4n) is 3.82. The summed E-state index contributed by atoms with van der Waals surface area (Å²) in [5, 5.41) is 17.5. The molecule has 2 saturated heterocycles. The Kier molecular flexibility index (Phi) is 4.56. The van der Waals surface area contributed by atoms with Crippen molar-refractivity contribution in [3.8, 4) is 0 Å². The molecule has 0 N–H and O–H groups in total. The SMILES string of the molecule is C[C@]1(Cn2nccn2)[C@H](C(=O)OCc2ccc([N+](=O)[O-])cc2)N2C(=O)C[C@H]2S1(=O)=O. The van der Waals surface area contributed by atoms with E-state index >= 15 is 0 Å². The van der Waals surface area contributed by atoms with Crippen molar-refractivity contribution in [2.45, 2.75) is 42.7 Å². The number of fused-ring (bicyclic) bond motifs is 1. The van der Waals surface area contributed by atoms with Crippen molar-refractivity contribution < 1.29 is 27.7 Å². The summed E-state index contributed by atoms with van der Waals surface area (Å²) < 4.78 is 29.8. The summed E-state index contributed by atoms with van der Waals surface area (Å²) in [4.78, 5) is 37.4. The second kappa shape index (κ2) is 6.86. The number of nitro groups is 1. The molecule has 12 nitrogen and oxygen atoms in total. The fraction of sp³-hybridized carbons (Fsp3) is 0.412. The Labute approximate surface area is 170 Å². The Balaban J connectivity index is 1.58. The number of non-ortho nitro benzene ring substituents is 1. The highest BCUT2D eigenvalue weighted by molar-refractivity contribution is 7.93. The molecule has 3 heterocycles. The van der Waals surface area contributed by atoms with Crippen molar-refractivity contribution in [2.75, 3.05) is 0 Å². The van der Waals surface area contributed by atoms with Crippen LogP contribution in [0.25, 0.3) is 0 Å². The molecule has 0 unspecified atom stereocenters. The lowest BCUT2D eigenvalue weighted by atomic mass is 9.96. The maximum Gasteiger partial charge on any atom is 0.330 e. The lowest BCUT2D eigenvalue weighted by Crippen LogP contribution is -2.58. The molecule has 0 spiro atoms. The zero-order chi connectivity index (χ0) is 21.7. The smallest absolute Gasteiger partial charge is 0.330 e. The van der Waals surface area contributed by atoms with Crippen LogP contribution < -0.4 is 0 Å². The molecular formula is C17H17N5O7S. The summed E-state index contributed by atoms with van der Waals surface area (Å²) in [6.45, 7) is 0.936. The van der Waals surface area contributed by atoms with Gasteiger partial charge in [-0.15, -0.1) is 0 Å². The molecule has 2 aliphatic rings. The molecule has 2 aliphatic heterocycles. The van der Waals surface area contributed by atoms with Gasteiger partial charge in [0.15, 0.2) is 15.9 Å². The van der Waals surface area contributed by atoms with Crippen molar-refractivity contribution >= 4 is 27.4 Å². The molecule has 1 amide bonds. The van der Waals surface area contributed by atoms with Gasteiger partial charge in [0, 0.05) is 12.1 Å². The summed E-state index contributed by atoms with van der Waals surface area (Å²) in [6, 6.07) is 4.05.